The number of nitrogens with one attached hydrogen (secondary N) is 1. The zero-order chi connectivity index (χ0) is 24.5. The smallest absolute Gasteiger partial charge is 0.257 e. The summed E-state index contributed by atoms with van der Waals surface area (Å²) in [5, 5.41) is 3.35. The number of benzene rings is 3. The van der Waals surface area contributed by atoms with Gasteiger partial charge in [-0.3, -0.25) is 14.4 Å². The van der Waals surface area contributed by atoms with Crippen molar-refractivity contribution in [2.45, 2.75) is 32.4 Å². The van der Waals surface area contributed by atoms with E-state index in [-0.39, 0.29) is 22.8 Å². The van der Waals surface area contributed by atoms with E-state index < -0.39 is 0 Å². The lowest BCUT2D eigenvalue weighted by Gasteiger charge is -2.18. The molecule has 176 valence electrons. The molecule has 1 aliphatic carbocycles. The van der Waals surface area contributed by atoms with Crippen LogP contribution in [0.15, 0.2) is 82.0 Å². The lowest BCUT2D eigenvalue weighted by molar-refractivity contribution is 0.0785. The predicted octanol–water partition coefficient (Wildman–Crippen LogP) is 4.93. The van der Waals surface area contributed by atoms with E-state index in [2.05, 4.69) is 5.32 Å². The number of hydrogen-bond donors (Lipinski definition) is 1. The van der Waals surface area contributed by atoms with Crippen LogP contribution in [-0.2, 0) is 6.54 Å². The molecular formula is C29H26N2O4. The maximum Gasteiger partial charge on any atom is 0.257 e. The van der Waals surface area contributed by atoms with Crippen molar-refractivity contribution < 1.29 is 14.0 Å². The van der Waals surface area contributed by atoms with Gasteiger partial charge in [0.1, 0.15) is 5.76 Å². The number of nitrogens with zero attached hydrogens (tertiary/aromatic N) is 1. The van der Waals surface area contributed by atoms with Crippen molar-refractivity contribution in [1.29, 1.82) is 0 Å². The van der Waals surface area contributed by atoms with Crippen LogP contribution in [0.5, 0.6) is 0 Å². The van der Waals surface area contributed by atoms with Gasteiger partial charge in [-0.15, -0.1) is 0 Å². The van der Waals surface area contributed by atoms with Crippen LogP contribution in [0.3, 0.4) is 0 Å². The molecule has 1 aliphatic rings. The zero-order valence-electron chi connectivity index (χ0n) is 19.7. The van der Waals surface area contributed by atoms with Gasteiger partial charge in [0.15, 0.2) is 11.0 Å². The summed E-state index contributed by atoms with van der Waals surface area (Å²) in [5.74, 6) is 0.141. The summed E-state index contributed by atoms with van der Waals surface area (Å²) in [6.45, 7) is 2.09. The fraction of sp³-hybridized carbons (Fsp3) is 0.207. The van der Waals surface area contributed by atoms with Crippen molar-refractivity contribution in [1.82, 2.24) is 10.2 Å². The Hall–Kier alpha value is -4.19. The first kappa shape index (κ1) is 22.6. The maximum atomic E-state index is 13.4. The Labute approximate surface area is 203 Å². The predicted molar refractivity (Wildman–Crippen MR) is 135 cm³/mol. The summed E-state index contributed by atoms with van der Waals surface area (Å²) >= 11 is 0. The maximum absolute atomic E-state index is 13.4. The quantitative estimate of drug-likeness (QED) is 0.437. The molecule has 1 fully saturated rings. The largest absolute Gasteiger partial charge is 0.455 e. The van der Waals surface area contributed by atoms with Crippen molar-refractivity contribution >= 4 is 22.8 Å². The average molecular weight is 467 g/mol. The molecule has 1 N–H and O–H groups in total. The summed E-state index contributed by atoms with van der Waals surface area (Å²) in [7, 11) is 1.71. The number of hydrogen-bond acceptors (Lipinski definition) is 4. The molecular weight excluding hydrogens is 440 g/mol. The monoisotopic (exact) mass is 466 g/mol. The average Bonchev–Trinajstić information content (AvgIpc) is 3.70. The van der Waals surface area contributed by atoms with Gasteiger partial charge >= 0.3 is 0 Å². The van der Waals surface area contributed by atoms with Crippen molar-refractivity contribution in [3.63, 3.8) is 0 Å². The summed E-state index contributed by atoms with van der Waals surface area (Å²) in [4.78, 5) is 40.3. The molecule has 0 aliphatic heterocycles. The van der Waals surface area contributed by atoms with Gasteiger partial charge in [0.2, 0.25) is 0 Å². The first-order valence-corrected chi connectivity index (χ1v) is 11.7. The second kappa shape index (κ2) is 9.22. The van der Waals surface area contributed by atoms with Crippen molar-refractivity contribution in [3.8, 4) is 11.3 Å². The highest BCUT2D eigenvalue weighted by Crippen LogP contribution is 2.28. The Morgan fingerprint density at radius 1 is 0.971 bits per heavy atom. The third kappa shape index (κ3) is 4.60. The molecule has 1 saturated carbocycles. The fourth-order valence-electron chi connectivity index (χ4n) is 4.15. The molecule has 4 aromatic rings. The number of fused-ring (bicyclic) bond motifs is 1. The Morgan fingerprint density at radius 3 is 2.37 bits per heavy atom. The number of rotatable bonds is 6. The van der Waals surface area contributed by atoms with Crippen molar-refractivity contribution in [2.24, 2.45) is 0 Å². The molecule has 2 amide bonds. The SMILES string of the molecule is Cc1c(-c2ccccc2)oc2c(C(=O)N(C)Cc3ccc(C(=O)NC4CC4)cc3)cccc2c1=O. The number of amides is 2. The number of para-hydroxylation sites is 1. The molecule has 1 heterocycles. The lowest BCUT2D eigenvalue weighted by atomic mass is 10.0. The molecule has 6 heteroatoms. The van der Waals surface area contributed by atoms with Gasteiger partial charge in [-0.05, 0) is 49.6 Å². The van der Waals surface area contributed by atoms with Gasteiger partial charge in [0.25, 0.3) is 11.8 Å². The number of carbonyl (C=O) groups excluding carboxylic acids is 2. The standard InChI is InChI=1S/C29H26N2O4/c1-18-25(32)23-9-6-10-24(27(23)35-26(18)20-7-4-3-5-8-20)29(34)31(2)17-19-11-13-21(14-12-19)28(33)30-22-15-16-22/h3-14,22H,15-17H2,1-2H3,(H,30,33). The van der Waals surface area contributed by atoms with Crippen LogP contribution < -0.4 is 10.7 Å². The van der Waals surface area contributed by atoms with E-state index in [1.807, 2.05) is 42.5 Å². The van der Waals surface area contributed by atoms with Gasteiger partial charge in [0, 0.05) is 36.3 Å². The molecule has 1 aromatic heterocycles. The van der Waals surface area contributed by atoms with Gasteiger partial charge in [0.05, 0.1) is 10.9 Å². The summed E-state index contributed by atoms with van der Waals surface area (Å²) in [6.07, 6.45) is 2.08. The van der Waals surface area contributed by atoms with Crippen LogP contribution >= 0.6 is 0 Å². The van der Waals surface area contributed by atoms with Gasteiger partial charge in [-0.2, -0.15) is 0 Å². The van der Waals surface area contributed by atoms with E-state index in [0.29, 0.717) is 40.4 Å². The number of carbonyl (C=O) groups is 2. The fourth-order valence-corrected chi connectivity index (χ4v) is 4.15. The van der Waals surface area contributed by atoms with E-state index in [1.165, 1.54) is 0 Å². The minimum absolute atomic E-state index is 0.0706. The van der Waals surface area contributed by atoms with Crippen LogP contribution in [-0.4, -0.2) is 29.8 Å². The minimum Gasteiger partial charge on any atom is -0.455 e. The van der Waals surface area contributed by atoms with Crippen LogP contribution in [0.1, 0.15) is 44.7 Å². The normalized spacial score (nSPS) is 13.0. The summed E-state index contributed by atoms with van der Waals surface area (Å²) in [5.41, 5.74) is 3.26. The van der Waals surface area contributed by atoms with E-state index >= 15 is 0 Å². The van der Waals surface area contributed by atoms with Gasteiger partial charge < -0.3 is 14.6 Å². The Kier molecular flexibility index (Phi) is 5.95. The third-order valence-corrected chi connectivity index (χ3v) is 6.31. The Bertz CT molecular complexity index is 1470. The zero-order valence-corrected chi connectivity index (χ0v) is 19.7. The first-order chi connectivity index (χ1) is 16.9. The van der Waals surface area contributed by atoms with Crippen LogP contribution in [0.2, 0.25) is 0 Å². The highest BCUT2D eigenvalue weighted by molar-refractivity contribution is 6.05. The molecule has 0 atom stereocenters. The van der Waals surface area contributed by atoms with E-state index in [4.69, 9.17) is 4.42 Å². The molecule has 0 radical (unpaired) electrons. The van der Waals surface area contributed by atoms with Crippen LogP contribution in [0, 0.1) is 6.92 Å². The summed E-state index contributed by atoms with van der Waals surface area (Å²) < 4.78 is 6.20. The highest BCUT2D eigenvalue weighted by atomic mass is 16.3. The van der Waals surface area contributed by atoms with Crippen LogP contribution in [0.4, 0.5) is 0 Å². The summed E-state index contributed by atoms with van der Waals surface area (Å²) in [6, 6.07) is 22.0. The van der Waals surface area contributed by atoms with E-state index in [9.17, 15) is 14.4 Å². The molecule has 0 unspecified atom stereocenters. The lowest BCUT2D eigenvalue weighted by Crippen LogP contribution is -2.27. The third-order valence-electron chi connectivity index (χ3n) is 6.31. The second-order valence-corrected chi connectivity index (χ2v) is 9.04. The Balaban J connectivity index is 1.42. The minimum atomic E-state index is -0.253. The van der Waals surface area contributed by atoms with Crippen LogP contribution in [0.25, 0.3) is 22.3 Å². The first-order valence-electron chi connectivity index (χ1n) is 11.7. The molecule has 5 rings (SSSR count). The van der Waals surface area contributed by atoms with Gasteiger partial charge in [-0.1, -0.05) is 48.5 Å². The van der Waals surface area contributed by atoms with Crippen molar-refractivity contribution in [2.75, 3.05) is 7.05 Å². The van der Waals surface area contributed by atoms with E-state index in [0.717, 1.165) is 24.0 Å². The highest BCUT2D eigenvalue weighted by Gasteiger charge is 2.24. The van der Waals surface area contributed by atoms with Crippen molar-refractivity contribution in [3.05, 3.63) is 105 Å². The molecule has 6 nitrogen and oxygen atoms in total. The molecule has 3 aromatic carbocycles. The van der Waals surface area contributed by atoms with E-state index in [1.54, 1.807) is 49.2 Å². The molecule has 0 bridgehead atoms. The Morgan fingerprint density at radius 2 is 1.69 bits per heavy atom. The molecule has 0 saturated heterocycles. The second-order valence-electron chi connectivity index (χ2n) is 9.04. The molecule has 0 spiro atoms. The molecule has 35 heavy (non-hydrogen) atoms. The van der Waals surface area contributed by atoms with Gasteiger partial charge in [-0.25, -0.2) is 0 Å². The topological polar surface area (TPSA) is 79.6 Å².